The first kappa shape index (κ1) is 22.7. The van der Waals surface area contributed by atoms with E-state index in [-0.39, 0.29) is 30.9 Å². The highest BCUT2D eigenvalue weighted by atomic mass is 19.3. The molecule has 1 fully saturated rings. The number of carbonyl (C=O) groups is 1. The highest BCUT2D eigenvalue weighted by Crippen LogP contribution is 2.27. The first-order chi connectivity index (χ1) is 14.8. The number of hydrogen-bond acceptors (Lipinski definition) is 6. The van der Waals surface area contributed by atoms with E-state index in [1.165, 1.54) is 0 Å². The maximum Gasteiger partial charge on any atom is 0.250 e. The number of nitrogens with zero attached hydrogens (tertiary/aromatic N) is 3. The molecule has 0 saturated carbocycles. The third-order valence-electron chi connectivity index (χ3n) is 5.29. The highest BCUT2D eigenvalue weighted by Gasteiger charge is 2.33. The van der Waals surface area contributed by atoms with Gasteiger partial charge in [-0.05, 0) is 17.5 Å². The van der Waals surface area contributed by atoms with E-state index in [1.54, 1.807) is 12.4 Å². The molecule has 0 atom stereocenters. The number of amidine groups is 1. The first-order valence-corrected chi connectivity index (χ1v) is 10.4. The largest absolute Gasteiger partial charge is 0.387 e. The summed E-state index contributed by atoms with van der Waals surface area (Å²) in [6.45, 7) is 2.08. The van der Waals surface area contributed by atoms with Crippen molar-refractivity contribution in [2.45, 2.75) is 38.0 Å². The topological polar surface area (TPSA) is 108 Å². The number of likely N-dealkylation sites (tertiary alicyclic amines) is 1. The van der Waals surface area contributed by atoms with Gasteiger partial charge in [0.2, 0.25) is 5.95 Å². The van der Waals surface area contributed by atoms with Crippen molar-refractivity contribution < 1.29 is 13.6 Å². The third-order valence-corrected chi connectivity index (χ3v) is 5.29. The van der Waals surface area contributed by atoms with Gasteiger partial charge in [0.15, 0.2) is 0 Å². The molecule has 0 amide bonds. The van der Waals surface area contributed by atoms with E-state index in [1.807, 2.05) is 29.2 Å². The van der Waals surface area contributed by atoms with E-state index < -0.39 is 5.92 Å². The number of aromatic nitrogens is 2. The summed E-state index contributed by atoms with van der Waals surface area (Å²) < 4.78 is 26.4. The van der Waals surface area contributed by atoms with Crippen molar-refractivity contribution in [1.82, 2.24) is 14.9 Å². The van der Waals surface area contributed by atoms with Crippen molar-refractivity contribution in [3.63, 3.8) is 0 Å². The number of nitrogens with two attached hydrogens (primary N) is 1. The SMILES string of the molecule is N=C(N)CC(=O)CCc1cccc(-c2cnc(NCCN3CCC(F)(F)CC3)nc2)c1. The van der Waals surface area contributed by atoms with Crippen molar-refractivity contribution in [3.05, 3.63) is 42.2 Å². The van der Waals surface area contributed by atoms with Crippen LogP contribution in [0.4, 0.5) is 14.7 Å². The number of piperidine rings is 1. The highest BCUT2D eigenvalue weighted by molar-refractivity contribution is 5.98. The Balaban J connectivity index is 1.48. The van der Waals surface area contributed by atoms with Gasteiger partial charge in [0.25, 0.3) is 5.92 Å². The first-order valence-electron chi connectivity index (χ1n) is 10.4. The normalized spacial score (nSPS) is 16.1. The standard InChI is InChI=1S/C22H28F2N6O/c23-22(24)6-9-30(10-7-22)11-8-27-21-28-14-18(15-29-21)17-3-1-2-16(12-17)4-5-19(31)13-20(25)26/h1-3,12,14-15H,4-11,13H2,(H3,25,26)(H,27,28,29). The van der Waals surface area contributed by atoms with Crippen LogP contribution in [0.25, 0.3) is 11.1 Å². The zero-order valence-electron chi connectivity index (χ0n) is 17.4. The van der Waals surface area contributed by atoms with E-state index in [0.29, 0.717) is 45.0 Å². The average molecular weight is 431 g/mol. The van der Waals surface area contributed by atoms with Gasteiger partial charge in [-0.2, -0.15) is 0 Å². The lowest BCUT2D eigenvalue weighted by atomic mass is 10.0. The van der Waals surface area contributed by atoms with Crippen LogP contribution in [0.15, 0.2) is 36.7 Å². The van der Waals surface area contributed by atoms with E-state index in [9.17, 15) is 13.6 Å². The monoisotopic (exact) mass is 430 g/mol. The lowest BCUT2D eigenvalue weighted by Crippen LogP contribution is -2.41. The molecule has 0 spiro atoms. The molecule has 2 aromatic rings. The molecule has 4 N–H and O–H groups in total. The maximum atomic E-state index is 13.2. The Morgan fingerprint density at radius 3 is 2.58 bits per heavy atom. The van der Waals surface area contributed by atoms with Crippen LogP contribution in [0, 0.1) is 5.41 Å². The minimum atomic E-state index is -2.52. The van der Waals surface area contributed by atoms with E-state index >= 15 is 0 Å². The Morgan fingerprint density at radius 2 is 1.90 bits per heavy atom. The number of benzene rings is 1. The number of aryl methyl sites for hydroxylation is 1. The fraction of sp³-hybridized carbons (Fsp3) is 0.455. The Morgan fingerprint density at radius 1 is 1.19 bits per heavy atom. The van der Waals surface area contributed by atoms with Gasteiger partial charge in [0, 0.05) is 63.4 Å². The minimum absolute atomic E-state index is 0.00771. The number of ketones is 1. The molecule has 1 aliphatic heterocycles. The van der Waals surface area contributed by atoms with Gasteiger partial charge in [-0.25, -0.2) is 18.7 Å². The molecule has 0 aliphatic carbocycles. The van der Waals surface area contributed by atoms with Crippen molar-refractivity contribution in [3.8, 4) is 11.1 Å². The molecule has 1 aliphatic rings. The van der Waals surface area contributed by atoms with Gasteiger partial charge in [-0.1, -0.05) is 24.3 Å². The van der Waals surface area contributed by atoms with Gasteiger partial charge in [0.1, 0.15) is 5.78 Å². The summed E-state index contributed by atoms with van der Waals surface area (Å²) in [4.78, 5) is 22.5. The number of hydrogen-bond donors (Lipinski definition) is 3. The minimum Gasteiger partial charge on any atom is -0.387 e. The molecule has 0 bridgehead atoms. The summed E-state index contributed by atoms with van der Waals surface area (Å²) >= 11 is 0. The summed E-state index contributed by atoms with van der Waals surface area (Å²) in [5.74, 6) is -2.18. The smallest absolute Gasteiger partial charge is 0.250 e. The lowest BCUT2D eigenvalue weighted by Gasteiger charge is -2.31. The molecule has 9 heteroatoms. The van der Waals surface area contributed by atoms with Crippen LogP contribution in [0.5, 0.6) is 0 Å². The maximum absolute atomic E-state index is 13.2. The number of Topliss-reactive ketones (excluding diaryl/α,β-unsaturated/α-hetero) is 1. The summed E-state index contributed by atoms with van der Waals surface area (Å²) in [5.41, 5.74) is 8.10. The van der Waals surface area contributed by atoms with Crippen LogP contribution >= 0.6 is 0 Å². The number of halogens is 2. The molecular formula is C22H28F2N6O. The fourth-order valence-electron chi connectivity index (χ4n) is 3.49. The number of rotatable bonds is 10. The predicted octanol–water partition coefficient (Wildman–Crippen LogP) is 3.11. The fourth-order valence-corrected chi connectivity index (χ4v) is 3.49. The predicted molar refractivity (Wildman–Crippen MR) is 116 cm³/mol. The van der Waals surface area contributed by atoms with Crippen molar-refractivity contribution in [1.29, 1.82) is 5.41 Å². The zero-order chi connectivity index (χ0) is 22.3. The van der Waals surface area contributed by atoms with Gasteiger partial charge in [0.05, 0.1) is 12.3 Å². The van der Waals surface area contributed by atoms with Crippen LogP contribution in [-0.4, -0.2) is 58.6 Å². The second-order valence-electron chi connectivity index (χ2n) is 7.86. The summed E-state index contributed by atoms with van der Waals surface area (Å²) in [5, 5.41) is 10.3. The third kappa shape index (κ3) is 7.36. The molecule has 1 aromatic heterocycles. The summed E-state index contributed by atoms with van der Waals surface area (Å²) in [6, 6.07) is 7.84. The Bertz CT molecular complexity index is 893. The van der Waals surface area contributed by atoms with E-state index in [0.717, 1.165) is 16.7 Å². The lowest BCUT2D eigenvalue weighted by molar-refractivity contribution is -0.117. The Labute approximate surface area is 180 Å². The molecule has 0 radical (unpaired) electrons. The molecular weight excluding hydrogens is 402 g/mol. The van der Waals surface area contributed by atoms with Gasteiger partial charge >= 0.3 is 0 Å². The molecule has 3 rings (SSSR count). The number of alkyl halides is 2. The van der Waals surface area contributed by atoms with Crippen LogP contribution in [0.2, 0.25) is 0 Å². The second-order valence-corrected chi connectivity index (χ2v) is 7.86. The zero-order valence-corrected chi connectivity index (χ0v) is 17.4. The van der Waals surface area contributed by atoms with Crippen molar-refractivity contribution in [2.75, 3.05) is 31.5 Å². The molecule has 1 saturated heterocycles. The van der Waals surface area contributed by atoms with Crippen LogP contribution in [0.3, 0.4) is 0 Å². The van der Waals surface area contributed by atoms with Gasteiger partial charge in [-0.15, -0.1) is 0 Å². The molecule has 2 heterocycles. The number of carbonyl (C=O) groups excluding carboxylic acids is 1. The number of nitrogens with one attached hydrogen (secondary N) is 2. The van der Waals surface area contributed by atoms with Crippen LogP contribution < -0.4 is 11.1 Å². The Kier molecular flexibility index (Phi) is 7.62. The van der Waals surface area contributed by atoms with Crippen LogP contribution in [0.1, 0.15) is 31.2 Å². The molecule has 0 unspecified atom stereocenters. The van der Waals surface area contributed by atoms with Gasteiger partial charge in [-0.3, -0.25) is 10.2 Å². The molecule has 166 valence electrons. The second kappa shape index (κ2) is 10.4. The molecule has 7 nitrogen and oxygen atoms in total. The van der Waals surface area contributed by atoms with Crippen molar-refractivity contribution in [2.24, 2.45) is 5.73 Å². The summed E-state index contributed by atoms with van der Waals surface area (Å²) in [7, 11) is 0. The van der Waals surface area contributed by atoms with E-state index in [4.69, 9.17) is 11.1 Å². The van der Waals surface area contributed by atoms with Gasteiger partial charge < -0.3 is 16.0 Å². The average Bonchev–Trinajstić information content (AvgIpc) is 2.74. The van der Waals surface area contributed by atoms with Crippen molar-refractivity contribution >= 4 is 17.6 Å². The number of anilines is 1. The molecule has 31 heavy (non-hydrogen) atoms. The summed E-state index contributed by atoms with van der Waals surface area (Å²) in [6.07, 6.45) is 4.23. The van der Waals surface area contributed by atoms with Crippen LogP contribution in [-0.2, 0) is 11.2 Å². The van der Waals surface area contributed by atoms with E-state index in [2.05, 4.69) is 15.3 Å². The molecule has 1 aromatic carbocycles. The quantitative estimate of drug-likeness (QED) is 0.395. The Hall–Kier alpha value is -2.94.